The molecule has 0 bridgehead atoms. The fourth-order valence-electron chi connectivity index (χ4n) is 2.89. The molecule has 0 aliphatic heterocycles. The Morgan fingerprint density at radius 3 is 1.95 bits per heavy atom. The summed E-state index contributed by atoms with van der Waals surface area (Å²) in [7, 11) is 0. The van der Waals surface area contributed by atoms with Gasteiger partial charge in [-0.15, -0.1) is 11.3 Å². The topological polar surface area (TPSA) is 24.9 Å². The standard InChI is InChI=1S/C16H30N2S/c1-8-17-16(9-11(2)3,10-12(4)5)15-18-13(6)14(7)19-15/h11-12,17H,8-10H2,1-7H3. The highest BCUT2D eigenvalue weighted by atomic mass is 32.1. The van der Waals surface area contributed by atoms with Gasteiger partial charge < -0.3 is 5.32 Å². The summed E-state index contributed by atoms with van der Waals surface area (Å²) in [4.78, 5) is 6.22. The molecule has 1 rings (SSSR count). The van der Waals surface area contributed by atoms with Gasteiger partial charge in [0.05, 0.1) is 11.2 Å². The van der Waals surface area contributed by atoms with Crippen molar-refractivity contribution in [1.82, 2.24) is 10.3 Å². The lowest BCUT2D eigenvalue weighted by atomic mass is 9.82. The van der Waals surface area contributed by atoms with Gasteiger partial charge in [-0.25, -0.2) is 4.98 Å². The minimum absolute atomic E-state index is 0.0563. The van der Waals surface area contributed by atoms with E-state index in [1.54, 1.807) is 0 Å². The van der Waals surface area contributed by atoms with E-state index in [9.17, 15) is 0 Å². The van der Waals surface area contributed by atoms with Gasteiger partial charge in [0.25, 0.3) is 0 Å². The van der Waals surface area contributed by atoms with E-state index in [0.717, 1.165) is 19.4 Å². The predicted molar refractivity (Wildman–Crippen MR) is 85.9 cm³/mol. The highest BCUT2D eigenvalue weighted by molar-refractivity contribution is 7.11. The second-order valence-corrected chi connectivity index (χ2v) is 7.67. The maximum atomic E-state index is 4.86. The maximum Gasteiger partial charge on any atom is 0.113 e. The Hall–Kier alpha value is -0.410. The van der Waals surface area contributed by atoms with Gasteiger partial charge in [0, 0.05) is 4.88 Å². The van der Waals surface area contributed by atoms with E-state index >= 15 is 0 Å². The van der Waals surface area contributed by atoms with Crippen LogP contribution in [0, 0.1) is 25.7 Å². The molecule has 0 atom stereocenters. The van der Waals surface area contributed by atoms with Crippen LogP contribution < -0.4 is 5.32 Å². The van der Waals surface area contributed by atoms with Crippen LogP contribution in [0.2, 0.25) is 0 Å². The Bertz CT molecular complexity index is 364. The van der Waals surface area contributed by atoms with E-state index in [1.165, 1.54) is 15.6 Å². The van der Waals surface area contributed by atoms with Gasteiger partial charge in [0.2, 0.25) is 0 Å². The Kier molecular flexibility index (Phi) is 6.00. The third-order valence-corrected chi connectivity index (χ3v) is 4.74. The van der Waals surface area contributed by atoms with Gasteiger partial charge in [-0.2, -0.15) is 0 Å². The number of nitrogens with zero attached hydrogens (tertiary/aromatic N) is 1. The molecule has 1 heterocycles. The van der Waals surface area contributed by atoms with Crippen molar-refractivity contribution in [3.8, 4) is 0 Å². The van der Waals surface area contributed by atoms with E-state index in [4.69, 9.17) is 4.98 Å². The van der Waals surface area contributed by atoms with E-state index in [-0.39, 0.29) is 5.54 Å². The van der Waals surface area contributed by atoms with Gasteiger partial charge in [0.15, 0.2) is 0 Å². The van der Waals surface area contributed by atoms with Crippen LogP contribution in [0.5, 0.6) is 0 Å². The minimum Gasteiger partial charge on any atom is -0.306 e. The molecule has 0 amide bonds. The molecular formula is C16H30N2S. The van der Waals surface area contributed by atoms with E-state index in [1.807, 2.05) is 11.3 Å². The molecule has 0 fully saturated rings. The molecule has 3 heteroatoms. The molecule has 0 aliphatic carbocycles. The van der Waals surface area contributed by atoms with Crippen molar-refractivity contribution in [3.05, 3.63) is 15.6 Å². The van der Waals surface area contributed by atoms with Crippen LogP contribution in [0.15, 0.2) is 0 Å². The number of hydrogen-bond donors (Lipinski definition) is 1. The molecule has 1 N–H and O–H groups in total. The van der Waals surface area contributed by atoms with Crippen LogP contribution in [-0.2, 0) is 5.54 Å². The summed E-state index contributed by atoms with van der Waals surface area (Å²) in [5.74, 6) is 1.34. The second kappa shape index (κ2) is 6.85. The van der Waals surface area contributed by atoms with Crippen molar-refractivity contribution < 1.29 is 0 Å². The first kappa shape index (κ1) is 16.6. The average Bonchev–Trinajstić information content (AvgIpc) is 2.58. The summed E-state index contributed by atoms with van der Waals surface area (Å²) >= 11 is 1.87. The molecule has 110 valence electrons. The summed E-state index contributed by atoms with van der Waals surface area (Å²) in [5, 5.41) is 5.05. The highest BCUT2D eigenvalue weighted by Crippen LogP contribution is 2.38. The number of thiazole rings is 1. The van der Waals surface area contributed by atoms with Crippen LogP contribution in [0.25, 0.3) is 0 Å². The number of aryl methyl sites for hydroxylation is 2. The van der Waals surface area contributed by atoms with Gasteiger partial charge >= 0.3 is 0 Å². The van der Waals surface area contributed by atoms with Crippen molar-refractivity contribution in [2.45, 2.75) is 66.8 Å². The predicted octanol–water partition coefficient (Wildman–Crippen LogP) is 4.66. The molecular weight excluding hydrogens is 252 g/mol. The summed E-state index contributed by atoms with van der Waals surface area (Å²) in [6, 6.07) is 0. The Morgan fingerprint density at radius 1 is 1.11 bits per heavy atom. The molecule has 19 heavy (non-hydrogen) atoms. The molecule has 1 aromatic rings. The zero-order valence-corrected chi connectivity index (χ0v) is 14.4. The number of hydrogen-bond acceptors (Lipinski definition) is 3. The largest absolute Gasteiger partial charge is 0.306 e. The van der Waals surface area contributed by atoms with Gasteiger partial charge in [-0.05, 0) is 45.1 Å². The minimum atomic E-state index is 0.0563. The van der Waals surface area contributed by atoms with Gasteiger partial charge in [0.1, 0.15) is 5.01 Å². The van der Waals surface area contributed by atoms with Crippen LogP contribution in [0.1, 0.15) is 63.0 Å². The number of rotatable bonds is 7. The highest BCUT2D eigenvalue weighted by Gasteiger charge is 2.36. The Labute approximate surface area is 123 Å². The number of nitrogens with one attached hydrogen (secondary N) is 1. The lowest BCUT2D eigenvalue weighted by Gasteiger charge is -2.36. The molecule has 0 radical (unpaired) electrons. The molecule has 0 saturated carbocycles. The first-order chi connectivity index (χ1) is 8.80. The van der Waals surface area contributed by atoms with Gasteiger partial charge in [-0.1, -0.05) is 34.6 Å². The first-order valence-electron chi connectivity index (χ1n) is 7.50. The summed E-state index contributed by atoms with van der Waals surface area (Å²) < 4.78 is 0. The van der Waals surface area contributed by atoms with Crippen LogP contribution >= 0.6 is 11.3 Å². The monoisotopic (exact) mass is 282 g/mol. The first-order valence-corrected chi connectivity index (χ1v) is 8.32. The average molecular weight is 282 g/mol. The molecule has 0 spiro atoms. The molecule has 1 aromatic heterocycles. The van der Waals surface area contributed by atoms with Crippen molar-refractivity contribution in [2.24, 2.45) is 11.8 Å². The van der Waals surface area contributed by atoms with E-state index in [0.29, 0.717) is 11.8 Å². The molecule has 0 aliphatic rings. The third kappa shape index (κ3) is 4.28. The van der Waals surface area contributed by atoms with Gasteiger partial charge in [-0.3, -0.25) is 0 Å². The number of aromatic nitrogens is 1. The van der Waals surface area contributed by atoms with E-state index in [2.05, 4.69) is 53.8 Å². The second-order valence-electron chi connectivity index (χ2n) is 6.47. The normalized spacial score (nSPS) is 12.7. The molecule has 2 nitrogen and oxygen atoms in total. The van der Waals surface area contributed by atoms with Crippen molar-refractivity contribution in [2.75, 3.05) is 6.54 Å². The zero-order valence-electron chi connectivity index (χ0n) is 13.6. The van der Waals surface area contributed by atoms with E-state index < -0.39 is 0 Å². The van der Waals surface area contributed by atoms with Crippen molar-refractivity contribution in [1.29, 1.82) is 0 Å². The maximum absolute atomic E-state index is 4.86. The smallest absolute Gasteiger partial charge is 0.113 e. The molecule has 0 unspecified atom stereocenters. The van der Waals surface area contributed by atoms with Crippen molar-refractivity contribution >= 4 is 11.3 Å². The SMILES string of the molecule is CCNC(CC(C)C)(CC(C)C)c1nc(C)c(C)s1. The summed E-state index contributed by atoms with van der Waals surface area (Å²) in [6.45, 7) is 16.7. The van der Waals surface area contributed by atoms with Crippen LogP contribution in [-0.4, -0.2) is 11.5 Å². The summed E-state index contributed by atoms with van der Waals surface area (Å²) in [6.07, 6.45) is 2.32. The fraction of sp³-hybridized carbons (Fsp3) is 0.812. The lowest BCUT2D eigenvalue weighted by molar-refractivity contribution is 0.227. The fourth-order valence-corrected chi connectivity index (χ4v) is 3.99. The van der Waals surface area contributed by atoms with Crippen LogP contribution in [0.3, 0.4) is 0 Å². The Balaban J connectivity index is 3.19. The lowest BCUT2D eigenvalue weighted by Crippen LogP contribution is -2.44. The third-order valence-electron chi connectivity index (χ3n) is 3.47. The Morgan fingerprint density at radius 2 is 1.63 bits per heavy atom. The summed E-state index contributed by atoms with van der Waals surface area (Å²) in [5.41, 5.74) is 1.25. The molecule has 0 saturated heterocycles. The van der Waals surface area contributed by atoms with Crippen molar-refractivity contribution in [3.63, 3.8) is 0 Å². The molecule has 0 aromatic carbocycles. The quantitative estimate of drug-likeness (QED) is 0.787. The van der Waals surface area contributed by atoms with Crippen LogP contribution in [0.4, 0.5) is 0 Å². The zero-order chi connectivity index (χ0) is 14.6.